The summed E-state index contributed by atoms with van der Waals surface area (Å²) < 4.78 is 6.91. The molecule has 2 aromatic heterocycles. The molecule has 0 spiro atoms. The minimum Gasteiger partial charge on any atom is -0.394 e. The zero-order valence-electron chi connectivity index (χ0n) is 11.2. The zero-order valence-corrected chi connectivity index (χ0v) is 12.0. The molecule has 1 atom stereocenters. The molecule has 104 valence electrons. The number of hydrogen-bond acceptors (Lipinski definition) is 5. The van der Waals surface area contributed by atoms with Gasteiger partial charge < -0.3 is 15.2 Å². The first-order valence-electron chi connectivity index (χ1n) is 6.22. The summed E-state index contributed by atoms with van der Waals surface area (Å²) >= 11 is 1.65. The quantitative estimate of drug-likeness (QED) is 0.815. The molecule has 19 heavy (non-hydrogen) atoms. The Labute approximate surface area is 116 Å². The summed E-state index contributed by atoms with van der Waals surface area (Å²) in [5.41, 5.74) is 0.926. The first-order chi connectivity index (χ1) is 9.24. The third-order valence-electron chi connectivity index (χ3n) is 2.68. The molecule has 0 saturated carbocycles. The fourth-order valence-electron chi connectivity index (χ4n) is 1.89. The standard InChI is InChI=1S/C13H19N3O2S/c1-10(9-18-2)14-13-8-11(12-4-3-7-19-12)15-16(13)5-6-17/h3-4,7-8,10,14,17H,5-6,9H2,1-2H3. The number of nitrogens with one attached hydrogen (secondary N) is 1. The Hall–Kier alpha value is -1.37. The predicted molar refractivity (Wildman–Crippen MR) is 77.6 cm³/mol. The van der Waals surface area contributed by atoms with Gasteiger partial charge in [0.2, 0.25) is 0 Å². The van der Waals surface area contributed by atoms with Crippen LogP contribution < -0.4 is 5.32 Å². The van der Waals surface area contributed by atoms with E-state index in [1.54, 1.807) is 23.1 Å². The van der Waals surface area contributed by atoms with Gasteiger partial charge in [-0.05, 0) is 18.4 Å². The third-order valence-corrected chi connectivity index (χ3v) is 3.57. The second kappa shape index (κ2) is 6.70. The molecule has 6 heteroatoms. The summed E-state index contributed by atoms with van der Waals surface area (Å²) in [6.45, 7) is 3.22. The van der Waals surface area contributed by atoms with E-state index >= 15 is 0 Å². The molecular formula is C13H19N3O2S. The van der Waals surface area contributed by atoms with E-state index in [-0.39, 0.29) is 12.6 Å². The maximum Gasteiger partial charge on any atom is 0.125 e. The van der Waals surface area contributed by atoms with Crippen molar-refractivity contribution in [1.29, 1.82) is 0 Å². The predicted octanol–water partition coefficient (Wildman–Crippen LogP) is 2.05. The van der Waals surface area contributed by atoms with Gasteiger partial charge in [0.05, 0.1) is 24.6 Å². The molecule has 0 saturated heterocycles. The molecule has 0 amide bonds. The van der Waals surface area contributed by atoms with Crippen molar-refractivity contribution in [2.75, 3.05) is 25.6 Å². The van der Waals surface area contributed by atoms with Gasteiger partial charge in [-0.2, -0.15) is 5.10 Å². The Morgan fingerprint density at radius 2 is 2.42 bits per heavy atom. The highest BCUT2D eigenvalue weighted by molar-refractivity contribution is 7.13. The highest BCUT2D eigenvalue weighted by atomic mass is 32.1. The lowest BCUT2D eigenvalue weighted by Gasteiger charge is -2.14. The van der Waals surface area contributed by atoms with Crippen LogP contribution in [-0.4, -0.2) is 41.3 Å². The lowest BCUT2D eigenvalue weighted by atomic mass is 10.3. The van der Waals surface area contributed by atoms with Crippen molar-refractivity contribution >= 4 is 17.2 Å². The molecule has 2 aromatic rings. The molecule has 2 rings (SSSR count). The van der Waals surface area contributed by atoms with Crippen LogP contribution in [-0.2, 0) is 11.3 Å². The summed E-state index contributed by atoms with van der Waals surface area (Å²) in [4.78, 5) is 1.12. The summed E-state index contributed by atoms with van der Waals surface area (Å²) in [5, 5.41) is 19.0. The van der Waals surface area contributed by atoms with E-state index in [0.29, 0.717) is 13.2 Å². The maximum atomic E-state index is 9.11. The fourth-order valence-corrected chi connectivity index (χ4v) is 2.57. The Bertz CT molecular complexity index is 496. The van der Waals surface area contributed by atoms with Crippen molar-refractivity contribution in [3.63, 3.8) is 0 Å². The highest BCUT2D eigenvalue weighted by Crippen LogP contribution is 2.26. The van der Waals surface area contributed by atoms with Crippen LogP contribution in [0.15, 0.2) is 23.6 Å². The Balaban J connectivity index is 2.20. The molecule has 1 unspecified atom stereocenters. The van der Waals surface area contributed by atoms with Crippen LogP contribution in [0.2, 0.25) is 0 Å². The minimum atomic E-state index is 0.0684. The molecule has 5 nitrogen and oxygen atoms in total. The first-order valence-corrected chi connectivity index (χ1v) is 7.10. The molecule has 0 aliphatic rings. The number of ether oxygens (including phenoxy) is 1. The molecule has 0 fully saturated rings. The van der Waals surface area contributed by atoms with Gasteiger partial charge in [-0.1, -0.05) is 6.07 Å². The molecule has 2 heterocycles. The first kappa shape index (κ1) is 14.0. The van der Waals surface area contributed by atoms with Gasteiger partial charge in [-0.25, -0.2) is 4.68 Å². The monoisotopic (exact) mass is 281 g/mol. The van der Waals surface area contributed by atoms with Crippen molar-refractivity contribution in [2.45, 2.75) is 19.5 Å². The van der Waals surface area contributed by atoms with E-state index in [2.05, 4.69) is 10.4 Å². The summed E-state index contributed by atoms with van der Waals surface area (Å²) in [6.07, 6.45) is 0. The average molecular weight is 281 g/mol. The van der Waals surface area contributed by atoms with E-state index in [0.717, 1.165) is 16.4 Å². The van der Waals surface area contributed by atoms with Crippen LogP contribution in [0.1, 0.15) is 6.92 Å². The Kier molecular flexibility index (Phi) is 4.95. The van der Waals surface area contributed by atoms with Crippen LogP contribution in [0, 0.1) is 0 Å². The van der Waals surface area contributed by atoms with E-state index in [1.807, 2.05) is 30.5 Å². The molecule has 0 aromatic carbocycles. The fraction of sp³-hybridized carbons (Fsp3) is 0.462. The zero-order chi connectivity index (χ0) is 13.7. The topological polar surface area (TPSA) is 59.3 Å². The number of rotatable bonds is 7. The molecule has 0 radical (unpaired) electrons. The van der Waals surface area contributed by atoms with Crippen LogP contribution in [0.3, 0.4) is 0 Å². The van der Waals surface area contributed by atoms with Crippen molar-refractivity contribution in [3.05, 3.63) is 23.6 Å². The number of thiophene rings is 1. The normalized spacial score (nSPS) is 12.6. The van der Waals surface area contributed by atoms with Gasteiger partial charge >= 0.3 is 0 Å². The Morgan fingerprint density at radius 3 is 3.05 bits per heavy atom. The SMILES string of the molecule is COCC(C)Nc1cc(-c2cccs2)nn1CCO. The van der Waals surface area contributed by atoms with E-state index < -0.39 is 0 Å². The number of anilines is 1. The van der Waals surface area contributed by atoms with Crippen molar-refractivity contribution in [3.8, 4) is 10.6 Å². The minimum absolute atomic E-state index is 0.0684. The Morgan fingerprint density at radius 1 is 1.58 bits per heavy atom. The van der Waals surface area contributed by atoms with E-state index in [4.69, 9.17) is 9.84 Å². The van der Waals surface area contributed by atoms with Crippen molar-refractivity contribution in [1.82, 2.24) is 9.78 Å². The van der Waals surface area contributed by atoms with Crippen LogP contribution >= 0.6 is 11.3 Å². The molecule has 2 N–H and O–H groups in total. The third kappa shape index (κ3) is 3.56. The molecule has 0 aliphatic heterocycles. The van der Waals surface area contributed by atoms with Gasteiger partial charge in [0.25, 0.3) is 0 Å². The number of aromatic nitrogens is 2. The van der Waals surface area contributed by atoms with Gasteiger partial charge in [0.15, 0.2) is 0 Å². The van der Waals surface area contributed by atoms with Crippen LogP contribution in [0.25, 0.3) is 10.6 Å². The van der Waals surface area contributed by atoms with Gasteiger partial charge in [0, 0.05) is 19.2 Å². The van der Waals surface area contributed by atoms with Gasteiger partial charge in [0.1, 0.15) is 11.5 Å². The van der Waals surface area contributed by atoms with Crippen LogP contribution in [0.5, 0.6) is 0 Å². The van der Waals surface area contributed by atoms with Gasteiger partial charge in [-0.15, -0.1) is 11.3 Å². The summed E-state index contributed by atoms with van der Waals surface area (Å²) in [5.74, 6) is 0.905. The lowest BCUT2D eigenvalue weighted by Crippen LogP contribution is -2.23. The number of aliphatic hydroxyl groups is 1. The van der Waals surface area contributed by atoms with Crippen LogP contribution in [0.4, 0.5) is 5.82 Å². The highest BCUT2D eigenvalue weighted by Gasteiger charge is 2.12. The van der Waals surface area contributed by atoms with Crippen molar-refractivity contribution < 1.29 is 9.84 Å². The summed E-state index contributed by atoms with van der Waals surface area (Å²) in [6, 6.07) is 6.24. The number of nitrogens with zero attached hydrogens (tertiary/aromatic N) is 2. The second-order valence-corrected chi connectivity index (χ2v) is 5.29. The smallest absolute Gasteiger partial charge is 0.125 e. The van der Waals surface area contributed by atoms with E-state index in [9.17, 15) is 0 Å². The number of methoxy groups -OCH3 is 1. The molecule has 0 bridgehead atoms. The molecule has 0 aliphatic carbocycles. The number of aliphatic hydroxyl groups excluding tert-OH is 1. The molecular weight excluding hydrogens is 262 g/mol. The van der Waals surface area contributed by atoms with E-state index in [1.165, 1.54) is 0 Å². The largest absolute Gasteiger partial charge is 0.394 e. The summed E-state index contributed by atoms with van der Waals surface area (Å²) in [7, 11) is 1.68. The van der Waals surface area contributed by atoms with Gasteiger partial charge in [-0.3, -0.25) is 0 Å². The van der Waals surface area contributed by atoms with Crippen molar-refractivity contribution in [2.24, 2.45) is 0 Å². The number of hydrogen-bond donors (Lipinski definition) is 2. The maximum absolute atomic E-state index is 9.11. The lowest BCUT2D eigenvalue weighted by molar-refractivity contribution is 0.190. The average Bonchev–Trinajstić information content (AvgIpc) is 3.00. The second-order valence-electron chi connectivity index (χ2n) is 4.34.